The third-order valence-corrected chi connectivity index (χ3v) is 1.87. The van der Waals surface area contributed by atoms with Crippen molar-refractivity contribution in [1.82, 2.24) is 30.6 Å². The molecular weight excluding hydrogens is 672 g/mol. The van der Waals surface area contributed by atoms with Crippen LogP contribution in [0, 0.1) is 52.9 Å². The SMILES string of the molecule is Cc1c[c-]no1.Cc1c[c-]on1.Cc1n[c-]no1.Cc1n[c-]on1.[Y].[Y].[Y].[Y]. The molecule has 4 heterocycles. The van der Waals surface area contributed by atoms with Crippen molar-refractivity contribution in [3.63, 3.8) is 0 Å². The average molecular weight is 686 g/mol. The van der Waals surface area contributed by atoms with E-state index in [4.69, 9.17) is 0 Å². The van der Waals surface area contributed by atoms with Gasteiger partial charge in [0.2, 0.25) is 0 Å². The summed E-state index contributed by atoms with van der Waals surface area (Å²) in [5.74, 6) is 1.97. The fourth-order valence-electron chi connectivity index (χ4n) is 0.869. The molecule has 0 fully saturated rings. The summed E-state index contributed by atoms with van der Waals surface area (Å²) in [4.78, 5) is 7.03. The summed E-state index contributed by atoms with van der Waals surface area (Å²) in [7, 11) is 0. The number of hydrogen-bond acceptors (Lipinski definition) is 10. The van der Waals surface area contributed by atoms with Gasteiger partial charge in [-0.1, -0.05) is 33.4 Å². The van der Waals surface area contributed by atoms with Crippen LogP contribution in [0.1, 0.15) is 23.2 Å². The Kier molecular flexibility index (Phi) is 31.8. The summed E-state index contributed by atoms with van der Waals surface area (Å²) in [6, 6.07) is 3.36. The summed E-state index contributed by atoms with van der Waals surface area (Å²) in [5.41, 5.74) is 0.870. The second-order valence-corrected chi connectivity index (χ2v) is 4.00. The second kappa shape index (κ2) is 24.4. The van der Waals surface area contributed by atoms with Gasteiger partial charge in [0.15, 0.2) is 0 Å². The Morgan fingerprint density at radius 2 is 1.50 bits per heavy atom. The molecule has 0 aliphatic heterocycles. The Balaban J connectivity index is -0.000000131. The first-order valence-electron chi connectivity index (χ1n) is 6.49. The number of rotatable bonds is 0. The molecule has 28 heavy (non-hydrogen) atoms. The summed E-state index contributed by atoms with van der Waals surface area (Å²) < 4.78 is 17.5. The Morgan fingerprint density at radius 3 is 1.64 bits per heavy atom. The third-order valence-electron chi connectivity index (χ3n) is 1.87. The number of nitrogens with zero attached hydrogens (tertiary/aromatic N) is 6. The van der Waals surface area contributed by atoms with Crippen LogP contribution in [0.4, 0.5) is 0 Å². The zero-order valence-corrected chi connectivity index (χ0v) is 27.1. The molecule has 0 saturated heterocycles. The van der Waals surface area contributed by atoms with E-state index in [1.54, 1.807) is 26.0 Å². The predicted octanol–water partition coefficient (Wildman–Crippen LogP) is 1.91. The first-order valence-corrected chi connectivity index (χ1v) is 6.49. The van der Waals surface area contributed by atoms with Crippen molar-refractivity contribution in [3.05, 3.63) is 60.5 Å². The summed E-state index contributed by atoms with van der Waals surface area (Å²) >= 11 is 0. The van der Waals surface area contributed by atoms with E-state index < -0.39 is 0 Å². The summed E-state index contributed by atoms with van der Waals surface area (Å²) in [5, 5.41) is 13.4. The molecule has 0 atom stereocenters. The van der Waals surface area contributed by atoms with E-state index in [0.717, 1.165) is 11.5 Å². The van der Waals surface area contributed by atoms with Gasteiger partial charge >= 0.3 is 0 Å². The zero-order chi connectivity index (χ0) is 17.6. The minimum Gasteiger partial charge on any atom is -0.480 e. The molecule has 0 bridgehead atoms. The molecule has 4 radical (unpaired) electrons. The molecule has 10 nitrogen and oxygen atoms in total. The largest absolute Gasteiger partial charge is 0.480 e. The monoisotopic (exact) mass is 686 g/mol. The molecule has 0 amide bonds. The molecule has 14 heteroatoms. The predicted molar refractivity (Wildman–Crippen MR) is 75.9 cm³/mol. The van der Waals surface area contributed by atoms with Gasteiger partial charge in [-0.05, 0) is 18.4 Å². The van der Waals surface area contributed by atoms with Gasteiger partial charge in [0.25, 0.3) is 0 Å². The molecule has 0 N–H and O–H groups in total. The van der Waals surface area contributed by atoms with Crippen LogP contribution in [-0.4, -0.2) is 30.6 Å². The average Bonchev–Trinajstić information content (AvgIpc) is 3.31. The van der Waals surface area contributed by atoms with Crippen LogP contribution in [0.5, 0.6) is 0 Å². The van der Waals surface area contributed by atoms with Crippen molar-refractivity contribution in [3.8, 4) is 0 Å². The van der Waals surface area contributed by atoms with Crippen LogP contribution in [0.25, 0.3) is 0 Å². The molecule has 0 spiro atoms. The fourth-order valence-corrected chi connectivity index (χ4v) is 0.869. The maximum atomic E-state index is 4.53. The quantitative estimate of drug-likeness (QED) is 0.253. The van der Waals surface area contributed by atoms with Gasteiger partial charge in [0.05, 0.1) is 12.3 Å². The van der Waals surface area contributed by atoms with Gasteiger partial charge in [0, 0.05) is 137 Å². The molecule has 140 valence electrons. The van der Waals surface area contributed by atoms with Gasteiger partial charge in [-0.15, -0.1) is 6.20 Å². The Labute approximate surface area is 263 Å². The molecule has 0 aliphatic rings. The third kappa shape index (κ3) is 21.8. The van der Waals surface area contributed by atoms with Gasteiger partial charge in [-0.3, -0.25) is 0 Å². The van der Waals surface area contributed by atoms with E-state index in [1.165, 1.54) is 0 Å². The number of aromatic nitrogens is 6. The molecule has 0 saturated carbocycles. The van der Waals surface area contributed by atoms with Crippen molar-refractivity contribution >= 4 is 0 Å². The molecular formula is C14H14N6O4Y4-4. The van der Waals surface area contributed by atoms with E-state index in [-0.39, 0.29) is 131 Å². The molecule has 0 aromatic carbocycles. The molecule has 0 unspecified atom stereocenters. The first kappa shape index (κ1) is 36.5. The molecule has 4 aromatic rings. The molecule has 4 rings (SSSR count). The van der Waals surface area contributed by atoms with Crippen LogP contribution in [-0.2, 0) is 131 Å². The van der Waals surface area contributed by atoms with Crippen molar-refractivity contribution in [2.75, 3.05) is 0 Å². The van der Waals surface area contributed by atoms with E-state index >= 15 is 0 Å². The van der Waals surface area contributed by atoms with Gasteiger partial charge in [-0.2, -0.15) is 22.4 Å². The standard InChI is InChI=1S/2C4H4NO.2C3H3N2O.4Y/c1-4-2-3-6-5-4;1-4-2-3-5-6-4;1-3-4-2-6-5-3;1-3-4-2-5-6-3;;;;/h2*2H,1H3;2*1H3;;;;/q4*-1;;;;. The first-order chi connectivity index (χ1) is 11.6. The van der Waals surface area contributed by atoms with Gasteiger partial charge in [0.1, 0.15) is 0 Å². The van der Waals surface area contributed by atoms with Crippen LogP contribution in [0.3, 0.4) is 0 Å². The van der Waals surface area contributed by atoms with Crippen molar-refractivity contribution in [2.45, 2.75) is 27.7 Å². The fraction of sp³-hybridized carbons (Fsp3) is 0.286. The zero-order valence-electron chi connectivity index (χ0n) is 15.8. The maximum absolute atomic E-state index is 4.53. The molecule has 4 aromatic heterocycles. The normalized spacial score (nSPS) is 7.57. The number of hydrogen-bond donors (Lipinski definition) is 0. The summed E-state index contributed by atoms with van der Waals surface area (Å²) in [6.45, 7) is 7.12. The van der Waals surface area contributed by atoms with Gasteiger partial charge in [-0.25, -0.2) is 10.3 Å². The minimum absolute atomic E-state index is 0. The maximum Gasteiger partial charge on any atom is 0.0687 e. The van der Waals surface area contributed by atoms with E-state index in [0.29, 0.717) is 11.7 Å². The topological polar surface area (TPSA) is 130 Å². The second-order valence-electron chi connectivity index (χ2n) is 4.00. The van der Waals surface area contributed by atoms with E-state index in [2.05, 4.69) is 73.9 Å². The van der Waals surface area contributed by atoms with E-state index in [9.17, 15) is 0 Å². The Morgan fingerprint density at radius 1 is 0.786 bits per heavy atom. The van der Waals surface area contributed by atoms with Crippen LogP contribution >= 0.6 is 0 Å². The van der Waals surface area contributed by atoms with Crippen molar-refractivity contribution in [2.24, 2.45) is 0 Å². The smallest absolute Gasteiger partial charge is 0.0687 e. The van der Waals surface area contributed by atoms with Gasteiger partial charge < -0.3 is 28.1 Å². The number of aryl methyl sites for hydroxylation is 4. The van der Waals surface area contributed by atoms with Crippen LogP contribution in [0.15, 0.2) is 30.2 Å². The summed E-state index contributed by atoms with van der Waals surface area (Å²) in [6.07, 6.45) is 9.41. The van der Waals surface area contributed by atoms with Crippen molar-refractivity contribution < 1.29 is 149 Å². The minimum atomic E-state index is 0. The Bertz CT molecular complexity index is 593. The van der Waals surface area contributed by atoms with E-state index in [1.807, 2.05) is 13.8 Å². The van der Waals surface area contributed by atoms with Crippen molar-refractivity contribution in [1.29, 1.82) is 0 Å². The Hall–Kier alpha value is 1.12. The van der Waals surface area contributed by atoms with Crippen LogP contribution in [0.2, 0.25) is 0 Å². The van der Waals surface area contributed by atoms with Crippen LogP contribution < -0.4 is 0 Å². The molecule has 0 aliphatic carbocycles.